The fourth-order valence-corrected chi connectivity index (χ4v) is 8.77. The summed E-state index contributed by atoms with van der Waals surface area (Å²) in [6.07, 6.45) is 7.73. The molecule has 0 aliphatic heterocycles. The van der Waals surface area contributed by atoms with Crippen LogP contribution in [-0.2, 0) is 14.4 Å². The van der Waals surface area contributed by atoms with Gasteiger partial charge in [-0.05, 0) is 141 Å². The van der Waals surface area contributed by atoms with E-state index in [1.807, 2.05) is 13.0 Å². The molecule has 458 valence electrons. The maximum atomic E-state index is 14.5. The Morgan fingerprint density at radius 3 is 1.27 bits per heavy atom. The molecule has 3 aromatic carbocycles. The number of anilines is 3. The minimum atomic E-state index is -0.500. The lowest BCUT2D eigenvalue weighted by Crippen LogP contribution is -2.28. The molecule has 9 rings (SSSR count). The molecule has 11 N–H and O–H groups in total. The number of halogens is 3. The first kappa shape index (κ1) is 64.6. The number of imidazole rings is 3. The van der Waals surface area contributed by atoms with E-state index >= 15 is 0 Å². The molecule has 0 aliphatic rings. The lowest BCUT2D eigenvalue weighted by molar-refractivity contribution is -0.123. The molecule has 88 heavy (non-hydrogen) atoms. The number of nitrogens with zero attached hydrogens (tertiary/aromatic N) is 7. The molecule has 0 spiro atoms. The number of urea groups is 3. The Morgan fingerprint density at radius 2 is 0.920 bits per heavy atom. The second kappa shape index (κ2) is 29.7. The van der Waals surface area contributed by atoms with Crippen LogP contribution in [0.2, 0.25) is 0 Å². The van der Waals surface area contributed by atoms with E-state index < -0.39 is 35.5 Å². The summed E-state index contributed by atoms with van der Waals surface area (Å²) < 4.78 is 43.4. The van der Waals surface area contributed by atoms with Crippen molar-refractivity contribution in [2.24, 2.45) is 0 Å². The van der Waals surface area contributed by atoms with Crippen LogP contribution in [0.5, 0.6) is 0 Å². The van der Waals surface area contributed by atoms with Gasteiger partial charge in [0.2, 0.25) is 35.6 Å². The highest BCUT2D eigenvalue weighted by Crippen LogP contribution is 2.36. The molecule has 1 unspecified atom stereocenters. The topological polar surface area (TPSA) is 327 Å². The first-order valence-electron chi connectivity index (χ1n) is 27.7. The third-order valence-electron chi connectivity index (χ3n) is 13.2. The van der Waals surface area contributed by atoms with E-state index in [1.165, 1.54) is 79.1 Å². The van der Waals surface area contributed by atoms with Crippen LogP contribution in [0.25, 0.3) is 78.0 Å². The molecule has 24 nitrogen and oxygen atoms in total. The molecule has 0 saturated heterocycles. The van der Waals surface area contributed by atoms with Crippen LogP contribution in [0.3, 0.4) is 0 Å². The standard InChI is InChI=1S/C21H23FN6O2.C20H23FN6O2.C20H21FN6O2/c1-5-23-21(30)27-20-25-16-11-13(12(2)9-17(29)28(3)4)10-14(19(16)26-20)18-15(22)7-6-8-24-18;2*1-4-23-20(29)27-19-25-15-10-12(11(2)8-16(28)22-3)9-13(18(15)26-19)17-14(21)6-5-7-24-17/h6-11H,5H2,1-4H3,(H3,23,25,26,27,30);5-7,9-11H,4,8H2,1-3H3,(H,22,28)(H3,23,25,26,27,29);5-10H,4H2,1-3H3,(H,22,28)(H3,23,25,26,27,29)/b12-9+;;11-8+. The third kappa shape index (κ3) is 16.2. The smallest absolute Gasteiger partial charge is 0.321 e. The van der Waals surface area contributed by atoms with Gasteiger partial charge in [-0.2, -0.15) is 0 Å². The van der Waals surface area contributed by atoms with Crippen LogP contribution < -0.4 is 42.5 Å². The summed E-state index contributed by atoms with van der Waals surface area (Å²) in [6, 6.07) is 17.9. The van der Waals surface area contributed by atoms with Crippen molar-refractivity contribution in [2.45, 2.75) is 53.9 Å². The fourth-order valence-electron chi connectivity index (χ4n) is 8.77. The number of carbonyl (C=O) groups excluding carboxylic acids is 6. The summed E-state index contributed by atoms with van der Waals surface area (Å²) in [7, 11) is 6.45. The zero-order chi connectivity index (χ0) is 63.8. The van der Waals surface area contributed by atoms with Crippen LogP contribution >= 0.6 is 0 Å². The van der Waals surface area contributed by atoms with Crippen molar-refractivity contribution in [3.8, 4) is 33.8 Å². The highest BCUT2D eigenvalue weighted by molar-refractivity contribution is 6.02. The van der Waals surface area contributed by atoms with E-state index in [-0.39, 0.29) is 65.0 Å². The van der Waals surface area contributed by atoms with Crippen molar-refractivity contribution in [1.29, 1.82) is 0 Å². The summed E-state index contributed by atoms with van der Waals surface area (Å²) in [4.78, 5) is 107. The van der Waals surface area contributed by atoms with Crippen LogP contribution in [-0.4, -0.2) is 133 Å². The van der Waals surface area contributed by atoms with E-state index in [4.69, 9.17) is 0 Å². The van der Waals surface area contributed by atoms with E-state index in [2.05, 4.69) is 87.4 Å². The van der Waals surface area contributed by atoms with Crippen LogP contribution in [0.1, 0.15) is 70.6 Å². The number of benzene rings is 3. The molecule has 0 radical (unpaired) electrons. The molecular formula is C61H67F3N18O6. The minimum absolute atomic E-state index is 0.0913. The van der Waals surface area contributed by atoms with Gasteiger partial charge in [-0.25, -0.2) is 42.5 Å². The number of allylic oxidation sites excluding steroid dienone is 2. The normalized spacial score (nSPS) is 11.6. The van der Waals surface area contributed by atoms with Crippen molar-refractivity contribution in [2.75, 3.05) is 63.8 Å². The maximum Gasteiger partial charge on any atom is 0.321 e. The number of likely N-dealkylation sites (N-methyl/N-ethyl adjacent to an activating group) is 2. The van der Waals surface area contributed by atoms with E-state index in [1.54, 1.807) is 86.1 Å². The zero-order valence-corrected chi connectivity index (χ0v) is 49.9. The number of hydrogen-bond acceptors (Lipinski definition) is 12. The van der Waals surface area contributed by atoms with Gasteiger partial charge < -0.3 is 46.4 Å². The molecule has 6 aromatic heterocycles. The summed E-state index contributed by atoms with van der Waals surface area (Å²) >= 11 is 0. The van der Waals surface area contributed by atoms with Crippen LogP contribution in [0.15, 0.2) is 104 Å². The highest BCUT2D eigenvalue weighted by Gasteiger charge is 2.22. The first-order chi connectivity index (χ1) is 42.1. The number of pyridine rings is 3. The second-order valence-electron chi connectivity index (χ2n) is 19.8. The van der Waals surface area contributed by atoms with Gasteiger partial charge in [0.25, 0.3) is 0 Å². The van der Waals surface area contributed by atoms with Gasteiger partial charge in [0.1, 0.15) is 51.1 Å². The van der Waals surface area contributed by atoms with Crippen LogP contribution in [0, 0.1) is 17.5 Å². The third-order valence-corrected chi connectivity index (χ3v) is 13.2. The van der Waals surface area contributed by atoms with Crippen molar-refractivity contribution >= 4 is 97.9 Å². The fraction of sp³-hybridized carbons (Fsp3) is 0.246. The number of fused-ring (bicyclic) bond motifs is 3. The van der Waals surface area contributed by atoms with Crippen LogP contribution in [0.4, 0.5) is 45.4 Å². The van der Waals surface area contributed by atoms with Gasteiger partial charge in [0, 0.05) is 102 Å². The molecule has 9 aromatic rings. The number of hydrogen-bond donors (Lipinski definition) is 11. The number of aromatic nitrogens is 9. The molecule has 6 heterocycles. The quantitative estimate of drug-likeness (QED) is 0.0403. The Balaban J connectivity index is 0.000000188. The number of aromatic amines is 3. The van der Waals surface area contributed by atoms with Gasteiger partial charge in [0.05, 0.1) is 16.6 Å². The maximum absolute atomic E-state index is 14.5. The molecular weight excluding hydrogens is 1140 g/mol. The van der Waals surface area contributed by atoms with E-state index in [9.17, 15) is 41.9 Å². The number of rotatable bonds is 16. The zero-order valence-electron chi connectivity index (χ0n) is 49.9. The van der Waals surface area contributed by atoms with E-state index in [0.717, 1.165) is 5.56 Å². The molecule has 0 saturated carbocycles. The Kier molecular flexibility index (Phi) is 21.8. The van der Waals surface area contributed by atoms with Gasteiger partial charge in [0.15, 0.2) is 0 Å². The SMILES string of the molecule is CCNC(=O)Nc1nc2c(-c3ncccc3F)cc(/C(C)=C/C(=O)N(C)C)cc2[nH]1.CCNC(=O)Nc1nc2c(-c3ncccc3F)cc(/C(C)=C/C(=O)NC)cc2[nH]1.CCNC(=O)Nc1nc2c(-c3ncccc3F)cc(C(C)CC(=O)NC)cc2[nH]1. The summed E-state index contributed by atoms with van der Waals surface area (Å²) in [5.41, 5.74) is 8.52. The lowest BCUT2D eigenvalue weighted by Gasteiger charge is -2.13. The number of amides is 9. The Hall–Kier alpha value is -11.0. The molecule has 0 aliphatic carbocycles. The highest BCUT2D eigenvalue weighted by atomic mass is 19.1. The van der Waals surface area contributed by atoms with Crippen molar-refractivity contribution < 1.29 is 41.9 Å². The monoisotopic (exact) mass is 1200 g/mol. The number of nitrogens with one attached hydrogen (secondary N) is 11. The van der Waals surface area contributed by atoms with Crippen molar-refractivity contribution in [3.05, 3.63) is 138 Å². The Morgan fingerprint density at radius 1 is 0.545 bits per heavy atom. The Bertz CT molecular complexity index is 4120. The second-order valence-corrected chi connectivity index (χ2v) is 19.8. The molecule has 9 amide bonds. The lowest BCUT2D eigenvalue weighted by atomic mass is 9.94. The summed E-state index contributed by atoms with van der Waals surface area (Å²) in [6.45, 7) is 12.3. The number of carbonyl (C=O) groups is 6. The minimum Gasteiger partial charge on any atom is -0.359 e. The molecule has 1 atom stereocenters. The summed E-state index contributed by atoms with van der Waals surface area (Å²) in [5.74, 6) is -1.43. The van der Waals surface area contributed by atoms with Gasteiger partial charge in [-0.1, -0.05) is 6.92 Å². The predicted octanol–water partition coefficient (Wildman–Crippen LogP) is 9.60. The molecule has 0 fully saturated rings. The first-order valence-corrected chi connectivity index (χ1v) is 27.7. The molecule has 0 bridgehead atoms. The average molecular weight is 1210 g/mol. The average Bonchev–Trinajstić information content (AvgIpc) is 2.62. The number of H-pyrrole nitrogens is 3. The van der Waals surface area contributed by atoms with Gasteiger partial charge in [-0.3, -0.25) is 45.3 Å². The predicted molar refractivity (Wildman–Crippen MR) is 333 cm³/mol. The van der Waals surface area contributed by atoms with Gasteiger partial charge >= 0.3 is 18.1 Å². The van der Waals surface area contributed by atoms with Gasteiger partial charge in [-0.15, -0.1) is 0 Å². The van der Waals surface area contributed by atoms with E-state index in [0.29, 0.717) is 91.7 Å². The largest absolute Gasteiger partial charge is 0.359 e. The Labute approximate surface area is 503 Å². The van der Waals surface area contributed by atoms with Crippen molar-refractivity contribution in [1.82, 2.24) is 76.3 Å². The molecule has 27 heteroatoms. The van der Waals surface area contributed by atoms with Crippen molar-refractivity contribution in [3.63, 3.8) is 0 Å². The summed E-state index contributed by atoms with van der Waals surface area (Å²) in [5, 5.41) is 20.8.